The number of allylic oxidation sites excluding steroid dienone is 8. The van der Waals surface area contributed by atoms with Crippen LogP contribution in [0.2, 0.25) is 0 Å². The van der Waals surface area contributed by atoms with Crippen molar-refractivity contribution in [3.8, 4) is 0 Å². The largest absolute Gasteiger partial charge is 2.00 e. The van der Waals surface area contributed by atoms with Gasteiger partial charge in [-0.2, -0.15) is 22.3 Å². The Kier molecular flexibility index (Phi) is 7.53. The molecule has 0 aromatic heterocycles. The van der Waals surface area contributed by atoms with Gasteiger partial charge in [0.05, 0.1) is 0 Å². The molecule has 0 aromatic rings. The van der Waals surface area contributed by atoms with Crippen LogP contribution in [0.25, 0.3) is 0 Å². The number of hydrogen-bond donors (Lipinski definition) is 0. The van der Waals surface area contributed by atoms with Crippen LogP contribution in [0, 0.1) is 69.9 Å². The van der Waals surface area contributed by atoms with Crippen LogP contribution >= 0.6 is 0 Å². The van der Waals surface area contributed by atoms with Crippen LogP contribution < -0.4 is 0 Å². The van der Waals surface area contributed by atoms with E-state index < -0.39 is 0 Å². The topological polar surface area (TPSA) is 0 Å². The molecule has 0 nitrogen and oxygen atoms in total. The first-order chi connectivity index (χ1) is 8.90. The van der Waals surface area contributed by atoms with E-state index in [2.05, 4.69) is 81.4 Å². The van der Waals surface area contributed by atoms with E-state index >= 15 is 0 Å². The van der Waals surface area contributed by atoms with Gasteiger partial charge in [-0.15, -0.1) is 13.8 Å². The Morgan fingerprint density at radius 1 is 0.571 bits per heavy atom. The minimum absolute atomic E-state index is 0. The molecule has 1 heteroatoms. The minimum Gasteiger partial charge on any atom is -0.263 e. The quantitative estimate of drug-likeness (QED) is 0.390. The second-order valence-corrected chi connectivity index (χ2v) is 7.25. The molecule has 0 spiro atoms. The SMILES string of the molecule is CC1=[C-]C(C)(C)C(C)=C1C.CC1=[C-]C(C)(C)C(C)=C1C.[Yb+2]. The zero-order chi connectivity index (χ0) is 15.9. The summed E-state index contributed by atoms with van der Waals surface area (Å²) in [7, 11) is 0. The van der Waals surface area contributed by atoms with E-state index in [1.165, 1.54) is 33.4 Å². The van der Waals surface area contributed by atoms with Gasteiger partial charge in [0.1, 0.15) is 0 Å². The summed E-state index contributed by atoms with van der Waals surface area (Å²) in [6, 6.07) is 0. The summed E-state index contributed by atoms with van der Waals surface area (Å²) in [5.41, 5.74) is 8.79. The van der Waals surface area contributed by atoms with Gasteiger partial charge in [-0.1, -0.05) is 66.2 Å². The first-order valence-corrected chi connectivity index (χ1v) is 7.50. The van der Waals surface area contributed by atoms with Crippen LogP contribution in [-0.4, -0.2) is 0 Å². The molecule has 0 bridgehead atoms. The fourth-order valence-corrected chi connectivity index (χ4v) is 2.81. The molecule has 124 valence electrons. The van der Waals surface area contributed by atoms with Crippen LogP contribution in [-0.2, 0) is 0 Å². The Balaban J connectivity index is 0.000000364. The second kappa shape index (κ2) is 7.37. The third-order valence-electron chi connectivity index (χ3n) is 5.12. The number of hydrogen-bond acceptors (Lipinski definition) is 0. The zero-order valence-electron chi connectivity index (χ0n) is 15.3. The molecule has 0 aromatic carbocycles. The van der Waals surface area contributed by atoms with E-state index in [9.17, 15) is 0 Å². The summed E-state index contributed by atoms with van der Waals surface area (Å²) in [6.45, 7) is 21.8. The summed E-state index contributed by atoms with van der Waals surface area (Å²) in [4.78, 5) is 0. The average Bonchev–Trinajstić information content (AvgIpc) is 2.60. The molecule has 0 aliphatic heterocycles. The minimum atomic E-state index is 0. The summed E-state index contributed by atoms with van der Waals surface area (Å²) >= 11 is 0. The first kappa shape index (κ1) is 21.5. The summed E-state index contributed by atoms with van der Waals surface area (Å²) in [5, 5.41) is 0. The predicted molar refractivity (Wildman–Crippen MR) is 89.2 cm³/mol. The van der Waals surface area contributed by atoms with E-state index in [0.717, 1.165) is 0 Å². The van der Waals surface area contributed by atoms with E-state index in [1.807, 2.05) is 0 Å². The normalized spacial score (nSPS) is 22.4. The van der Waals surface area contributed by atoms with Gasteiger partial charge in [0, 0.05) is 0 Å². The predicted octanol–water partition coefficient (Wildman–Crippen LogP) is 6.22. The van der Waals surface area contributed by atoms with Crippen LogP contribution in [0.5, 0.6) is 0 Å². The molecular weight excluding hydrogens is 413 g/mol. The maximum Gasteiger partial charge on any atom is 2.00 e. The average molecular weight is 444 g/mol. The van der Waals surface area contributed by atoms with Crippen LogP contribution in [0.3, 0.4) is 0 Å². The molecule has 2 rings (SSSR count). The van der Waals surface area contributed by atoms with Crippen molar-refractivity contribution in [3.05, 3.63) is 45.6 Å². The Morgan fingerprint density at radius 3 is 0.857 bits per heavy atom. The first-order valence-electron chi connectivity index (χ1n) is 7.50. The molecule has 0 saturated carbocycles. The summed E-state index contributed by atoms with van der Waals surface area (Å²) in [5.74, 6) is 0. The van der Waals surface area contributed by atoms with Crippen molar-refractivity contribution in [2.45, 2.75) is 69.2 Å². The molecule has 2 aliphatic carbocycles. The van der Waals surface area contributed by atoms with Gasteiger partial charge >= 0.3 is 46.9 Å². The van der Waals surface area contributed by atoms with Gasteiger partial charge in [-0.05, 0) is 0 Å². The van der Waals surface area contributed by atoms with E-state index in [0.29, 0.717) is 0 Å². The van der Waals surface area contributed by atoms with Gasteiger partial charge in [0.25, 0.3) is 0 Å². The molecule has 0 saturated heterocycles. The van der Waals surface area contributed by atoms with Gasteiger partial charge in [0.2, 0.25) is 0 Å². The molecule has 0 fully saturated rings. The van der Waals surface area contributed by atoms with Gasteiger partial charge < -0.3 is 0 Å². The van der Waals surface area contributed by atoms with Crippen molar-refractivity contribution < 1.29 is 46.9 Å². The standard InChI is InChI=1S/2C10H15.Yb/c2*1-7-6-10(4,5)9(3)8(7)2;/h2*1-5H3;/q2*-1;+2. The van der Waals surface area contributed by atoms with Crippen LogP contribution in [0.1, 0.15) is 69.2 Å². The Hall–Kier alpha value is 0.479. The smallest absolute Gasteiger partial charge is 0.263 e. The molecule has 0 atom stereocenters. The summed E-state index contributed by atoms with van der Waals surface area (Å²) < 4.78 is 0. The zero-order valence-corrected chi connectivity index (χ0v) is 17.0. The third kappa shape index (κ3) is 4.72. The van der Waals surface area contributed by atoms with Crippen molar-refractivity contribution >= 4 is 0 Å². The summed E-state index contributed by atoms with van der Waals surface area (Å²) in [6.07, 6.45) is 6.87. The van der Waals surface area contributed by atoms with E-state index in [-0.39, 0.29) is 57.8 Å². The van der Waals surface area contributed by atoms with Crippen LogP contribution in [0.4, 0.5) is 0 Å². The van der Waals surface area contributed by atoms with Crippen molar-refractivity contribution in [1.82, 2.24) is 0 Å². The molecule has 2 aliphatic rings. The monoisotopic (exact) mass is 444 g/mol. The van der Waals surface area contributed by atoms with Crippen LogP contribution in [0.15, 0.2) is 33.4 Å². The fourth-order valence-electron chi connectivity index (χ4n) is 2.81. The molecule has 0 unspecified atom stereocenters. The molecule has 0 radical (unpaired) electrons. The Bertz CT molecular complexity index is 484. The Morgan fingerprint density at radius 2 is 0.810 bits per heavy atom. The van der Waals surface area contributed by atoms with Gasteiger partial charge in [-0.25, -0.2) is 11.1 Å². The molecule has 0 amide bonds. The van der Waals surface area contributed by atoms with Gasteiger partial charge in [0.15, 0.2) is 0 Å². The maximum absolute atomic E-state index is 3.44. The molecule has 0 heterocycles. The fraction of sp³-hybridized carbons (Fsp3) is 0.600. The maximum atomic E-state index is 3.44. The van der Waals surface area contributed by atoms with Crippen molar-refractivity contribution in [2.24, 2.45) is 10.8 Å². The molecular formula is C20H30Yb. The van der Waals surface area contributed by atoms with Gasteiger partial charge in [-0.3, -0.25) is 12.2 Å². The number of rotatable bonds is 0. The molecule has 0 N–H and O–H groups in total. The Labute approximate surface area is 171 Å². The van der Waals surface area contributed by atoms with Crippen molar-refractivity contribution in [1.29, 1.82) is 0 Å². The third-order valence-corrected chi connectivity index (χ3v) is 5.12. The van der Waals surface area contributed by atoms with Crippen molar-refractivity contribution in [3.63, 3.8) is 0 Å². The second-order valence-electron chi connectivity index (χ2n) is 7.25. The molecule has 21 heavy (non-hydrogen) atoms. The van der Waals surface area contributed by atoms with E-state index in [4.69, 9.17) is 0 Å². The van der Waals surface area contributed by atoms with E-state index in [1.54, 1.807) is 0 Å². The van der Waals surface area contributed by atoms with Crippen molar-refractivity contribution in [2.75, 3.05) is 0 Å².